The maximum atomic E-state index is 15.0. The first-order valence-corrected chi connectivity index (χ1v) is 18.5. The molecular weight excluding hydrogens is 662 g/mol. The number of fused-ring (bicyclic) bond motifs is 5. The lowest BCUT2D eigenvalue weighted by Gasteiger charge is -2.62. The van der Waals surface area contributed by atoms with Gasteiger partial charge in [-0.05, 0) is 91.3 Å². The van der Waals surface area contributed by atoms with Crippen LogP contribution in [0.5, 0.6) is 0 Å². The van der Waals surface area contributed by atoms with Crippen LogP contribution in [0.3, 0.4) is 0 Å². The van der Waals surface area contributed by atoms with Gasteiger partial charge < -0.3 is 5.11 Å². The monoisotopic (exact) mass is 706 g/mol. The van der Waals surface area contributed by atoms with Gasteiger partial charge in [0.1, 0.15) is 5.60 Å². The average molecular weight is 707 g/mol. The molecule has 0 bridgehead atoms. The Morgan fingerprint density at radius 1 is 0.897 bits per heavy atom. The predicted molar refractivity (Wildman–Crippen MR) is 161 cm³/mol. The number of rotatable bonds is 8. The zero-order valence-corrected chi connectivity index (χ0v) is 27.0. The van der Waals surface area contributed by atoms with Gasteiger partial charge in [-0.1, -0.05) is 73.8 Å². The van der Waals surface area contributed by atoms with E-state index in [4.69, 9.17) is 0 Å². The van der Waals surface area contributed by atoms with Crippen molar-refractivity contribution in [1.29, 1.82) is 0 Å². The molecule has 9 heteroatoms. The number of halogens is 6. The summed E-state index contributed by atoms with van der Waals surface area (Å²) in [5.41, 5.74) is -2.96. The van der Waals surface area contributed by atoms with Crippen LogP contribution in [0.4, 0.5) is 22.0 Å². The van der Waals surface area contributed by atoms with Crippen LogP contribution in [-0.4, -0.2) is 42.8 Å². The molecule has 1 nitrogen and oxygen atoms in total. The SMILES string of the molecule is C[C@]12CCC3(C=C1C[C@@H](CCCCCCCI)[C@@H]1[C@@H]2CC[C@@]2(C)[C@H]1CC[C@@]2(O)C(F)(F)C(F)(F)F)SCCS3. The number of aliphatic hydroxyl groups is 1. The molecule has 0 radical (unpaired) electrons. The number of thioether (sulfide) groups is 2. The van der Waals surface area contributed by atoms with Crippen molar-refractivity contribution in [2.45, 2.75) is 119 Å². The maximum Gasteiger partial charge on any atom is 0.456 e. The number of unbranched alkanes of at least 4 members (excludes halogenated alkanes) is 4. The van der Waals surface area contributed by atoms with Gasteiger partial charge in [0, 0.05) is 16.9 Å². The Balaban J connectivity index is 1.46. The van der Waals surface area contributed by atoms with Crippen LogP contribution in [0.1, 0.15) is 97.3 Å². The number of hydrogen-bond acceptors (Lipinski definition) is 3. The highest BCUT2D eigenvalue weighted by Gasteiger charge is 2.79. The van der Waals surface area contributed by atoms with Crippen LogP contribution < -0.4 is 0 Å². The molecule has 1 saturated heterocycles. The second-order valence-corrected chi connectivity index (χ2v) is 17.7. The molecule has 0 aromatic rings. The molecule has 224 valence electrons. The lowest BCUT2D eigenvalue weighted by atomic mass is 9.43. The van der Waals surface area contributed by atoms with Crippen molar-refractivity contribution >= 4 is 46.1 Å². The molecule has 0 aromatic heterocycles. The molecule has 1 heterocycles. The highest BCUT2D eigenvalue weighted by Crippen LogP contribution is 2.73. The second kappa shape index (κ2) is 11.0. The van der Waals surface area contributed by atoms with Gasteiger partial charge in [0.05, 0.1) is 4.08 Å². The fraction of sp³-hybridized carbons (Fsp3) is 0.933. The van der Waals surface area contributed by atoms with Crippen molar-refractivity contribution in [1.82, 2.24) is 0 Å². The van der Waals surface area contributed by atoms with E-state index in [1.807, 2.05) is 0 Å². The standard InChI is InChI=1S/C30H44F5IOS2/c1-25-13-14-27(38-16-17-39-27)19-21(25)18-20(8-6-4-3-5-7-15-36)24-22(25)9-11-26(2)23(24)10-12-28(26,37)29(31,32)30(33,34)35/h19-20,22-24,37H,3-18H2,1-2H3/t20-,22+,23+,24-,25+,26+,28+/m1/s1. The van der Waals surface area contributed by atoms with Gasteiger partial charge in [-0.15, -0.1) is 23.5 Å². The summed E-state index contributed by atoms with van der Waals surface area (Å²) in [5.74, 6) is -2.40. The summed E-state index contributed by atoms with van der Waals surface area (Å²) >= 11 is 6.54. The summed E-state index contributed by atoms with van der Waals surface area (Å²) in [5, 5.41) is 11.3. The molecule has 39 heavy (non-hydrogen) atoms. The molecular formula is C30H44F5IOS2. The van der Waals surface area contributed by atoms with E-state index in [0.29, 0.717) is 6.42 Å². The van der Waals surface area contributed by atoms with Gasteiger partial charge in [0.15, 0.2) is 0 Å². The molecule has 0 unspecified atom stereocenters. The maximum absolute atomic E-state index is 15.0. The molecule has 3 saturated carbocycles. The van der Waals surface area contributed by atoms with Crippen LogP contribution in [0.25, 0.3) is 0 Å². The van der Waals surface area contributed by atoms with Gasteiger partial charge in [0.2, 0.25) is 0 Å². The van der Waals surface area contributed by atoms with Gasteiger partial charge in [-0.25, -0.2) is 0 Å². The largest absolute Gasteiger partial charge is 0.456 e. The Morgan fingerprint density at radius 2 is 1.54 bits per heavy atom. The third kappa shape index (κ3) is 4.97. The van der Waals surface area contributed by atoms with E-state index in [2.05, 4.69) is 59.1 Å². The van der Waals surface area contributed by atoms with E-state index in [-0.39, 0.29) is 46.0 Å². The smallest absolute Gasteiger partial charge is 0.383 e. The third-order valence-corrected chi connectivity index (χ3v) is 16.0. The second-order valence-electron chi connectivity index (χ2n) is 13.5. The lowest BCUT2D eigenvalue weighted by Crippen LogP contribution is -2.66. The third-order valence-electron chi connectivity index (χ3n) is 11.8. The predicted octanol–water partition coefficient (Wildman–Crippen LogP) is 10.1. The number of hydrogen-bond donors (Lipinski definition) is 1. The van der Waals surface area contributed by atoms with E-state index >= 15 is 8.78 Å². The Labute approximate surface area is 253 Å². The summed E-state index contributed by atoms with van der Waals surface area (Å²) < 4.78 is 72.4. The van der Waals surface area contributed by atoms with E-state index < -0.39 is 29.5 Å². The molecule has 0 aromatic carbocycles. The Bertz CT molecular complexity index is 937. The Hall–Kier alpha value is 0.780. The van der Waals surface area contributed by atoms with E-state index in [0.717, 1.165) is 38.5 Å². The van der Waals surface area contributed by atoms with Crippen molar-refractivity contribution in [2.75, 3.05) is 15.9 Å². The van der Waals surface area contributed by atoms with Crippen molar-refractivity contribution in [3.05, 3.63) is 11.6 Å². The van der Waals surface area contributed by atoms with Crippen molar-refractivity contribution in [3.8, 4) is 0 Å². The minimum atomic E-state index is -5.75. The minimum absolute atomic E-state index is 0.0228. The summed E-state index contributed by atoms with van der Waals surface area (Å²) in [7, 11) is 0. The summed E-state index contributed by atoms with van der Waals surface area (Å²) in [6.07, 6.45) is 7.46. The van der Waals surface area contributed by atoms with Crippen LogP contribution in [0.2, 0.25) is 0 Å². The van der Waals surface area contributed by atoms with Gasteiger partial charge in [-0.3, -0.25) is 0 Å². The van der Waals surface area contributed by atoms with Crippen LogP contribution in [0.15, 0.2) is 11.6 Å². The Morgan fingerprint density at radius 3 is 2.21 bits per heavy atom. The lowest BCUT2D eigenvalue weighted by molar-refractivity contribution is -0.364. The fourth-order valence-corrected chi connectivity index (χ4v) is 13.3. The quantitative estimate of drug-likeness (QED) is 0.0893. The summed E-state index contributed by atoms with van der Waals surface area (Å²) in [6, 6.07) is 0. The van der Waals surface area contributed by atoms with Crippen LogP contribution in [-0.2, 0) is 0 Å². The zero-order valence-electron chi connectivity index (χ0n) is 23.2. The first kappa shape index (κ1) is 31.2. The summed E-state index contributed by atoms with van der Waals surface area (Å²) in [4.78, 5) is 0. The first-order chi connectivity index (χ1) is 18.2. The van der Waals surface area contributed by atoms with Gasteiger partial charge >= 0.3 is 12.1 Å². The Kier molecular flexibility index (Phi) is 8.84. The van der Waals surface area contributed by atoms with E-state index in [1.54, 1.807) is 6.92 Å². The average Bonchev–Trinajstić information content (AvgIpc) is 3.44. The van der Waals surface area contributed by atoms with Crippen molar-refractivity contribution in [3.63, 3.8) is 0 Å². The fourth-order valence-electron chi connectivity index (χ4n) is 9.62. The highest BCUT2D eigenvalue weighted by atomic mass is 127. The molecule has 7 atom stereocenters. The molecule has 1 N–H and O–H groups in total. The number of alkyl halides is 6. The zero-order chi connectivity index (χ0) is 28.3. The molecule has 0 amide bonds. The van der Waals surface area contributed by atoms with Crippen LogP contribution >= 0.6 is 46.1 Å². The van der Waals surface area contributed by atoms with Crippen LogP contribution in [0, 0.1) is 34.5 Å². The molecule has 5 aliphatic rings. The summed E-state index contributed by atoms with van der Waals surface area (Å²) in [6.45, 7) is 3.93. The molecule has 4 fully saturated rings. The van der Waals surface area contributed by atoms with E-state index in [1.165, 1.54) is 40.8 Å². The molecule has 4 aliphatic carbocycles. The van der Waals surface area contributed by atoms with E-state index in [9.17, 15) is 18.3 Å². The number of allylic oxidation sites excluding steroid dienone is 1. The van der Waals surface area contributed by atoms with Gasteiger partial charge in [-0.2, -0.15) is 22.0 Å². The van der Waals surface area contributed by atoms with Gasteiger partial charge in [0.25, 0.3) is 0 Å². The normalized spacial score (nSPS) is 41.7. The molecule has 5 rings (SSSR count). The van der Waals surface area contributed by atoms with Crippen molar-refractivity contribution < 1.29 is 27.1 Å². The molecule has 1 spiro atoms. The highest BCUT2D eigenvalue weighted by molar-refractivity contribution is 14.1. The van der Waals surface area contributed by atoms with Crippen molar-refractivity contribution in [2.24, 2.45) is 34.5 Å². The first-order valence-electron chi connectivity index (χ1n) is 15.0. The minimum Gasteiger partial charge on any atom is -0.383 e. The topological polar surface area (TPSA) is 20.2 Å². The molecule has 1 aliphatic heterocycles.